The summed E-state index contributed by atoms with van der Waals surface area (Å²) in [6, 6.07) is 0. The Bertz CT molecular complexity index is 751. The minimum atomic E-state index is -0.756. The van der Waals surface area contributed by atoms with Crippen LogP contribution in [-0.2, 0) is 28.6 Å². The summed E-state index contributed by atoms with van der Waals surface area (Å²) in [6.45, 7) is 8.91. The number of esters is 3. The van der Waals surface area contributed by atoms with Crippen molar-refractivity contribution in [2.45, 2.75) is 246 Å². The average molecular weight is 709 g/mol. The second-order valence-electron chi connectivity index (χ2n) is 15.5. The van der Waals surface area contributed by atoms with Crippen LogP contribution >= 0.6 is 0 Å². The van der Waals surface area contributed by atoms with Crippen LogP contribution in [0.25, 0.3) is 0 Å². The first-order valence-electron chi connectivity index (χ1n) is 21.9. The van der Waals surface area contributed by atoms with Crippen molar-refractivity contribution >= 4 is 17.9 Å². The minimum absolute atomic E-state index is 0.0654. The fourth-order valence-corrected chi connectivity index (χ4v) is 6.45. The van der Waals surface area contributed by atoms with E-state index in [4.69, 9.17) is 14.2 Å². The normalized spacial score (nSPS) is 11.9. The molecule has 0 bridgehead atoms. The zero-order chi connectivity index (χ0) is 36.8. The molecule has 0 aliphatic heterocycles. The lowest BCUT2D eigenvalue weighted by Gasteiger charge is -2.18. The maximum atomic E-state index is 12.5. The number of unbranched alkanes of at least 4 members (excludes halogenated alkanes) is 26. The second kappa shape index (κ2) is 38.6. The maximum absolute atomic E-state index is 12.5. The van der Waals surface area contributed by atoms with Crippen LogP contribution in [0.1, 0.15) is 240 Å². The Morgan fingerprint density at radius 3 is 0.980 bits per heavy atom. The van der Waals surface area contributed by atoms with E-state index in [1.54, 1.807) is 0 Å². The summed E-state index contributed by atoms with van der Waals surface area (Å²) in [7, 11) is 0. The van der Waals surface area contributed by atoms with Gasteiger partial charge in [-0.2, -0.15) is 0 Å². The van der Waals surface area contributed by atoms with Crippen LogP contribution in [0.2, 0.25) is 0 Å². The molecule has 0 saturated heterocycles. The van der Waals surface area contributed by atoms with Crippen LogP contribution < -0.4 is 0 Å². The molecule has 0 unspecified atom stereocenters. The molecule has 0 radical (unpaired) electrons. The molecule has 0 aliphatic rings. The molecular weight excluding hydrogens is 624 g/mol. The molecule has 0 aromatic rings. The molecule has 1 atom stereocenters. The minimum Gasteiger partial charge on any atom is -0.462 e. The highest BCUT2D eigenvalue weighted by atomic mass is 16.6. The quantitative estimate of drug-likeness (QED) is 0.0359. The Morgan fingerprint density at radius 1 is 0.380 bits per heavy atom. The first kappa shape index (κ1) is 48.4. The van der Waals surface area contributed by atoms with Crippen molar-refractivity contribution in [3.8, 4) is 0 Å². The summed E-state index contributed by atoms with van der Waals surface area (Å²) in [6.07, 6.45) is 36.9. The summed E-state index contributed by atoms with van der Waals surface area (Å²) >= 11 is 0. The van der Waals surface area contributed by atoms with E-state index < -0.39 is 6.10 Å². The number of hydrogen-bond acceptors (Lipinski definition) is 6. The van der Waals surface area contributed by atoms with Crippen LogP contribution in [-0.4, -0.2) is 37.2 Å². The third-order valence-electron chi connectivity index (χ3n) is 9.79. The molecule has 0 aromatic heterocycles. The third-order valence-corrected chi connectivity index (χ3v) is 9.79. The summed E-state index contributed by atoms with van der Waals surface area (Å²) in [5, 5.41) is 0. The van der Waals surface area contributed by atoms with E-state index in [1.807, 2.05) is 0 Å². The molecular formula is C44H84O6. The number of hydrogen-bond donors (Lipinski definition) is 0. The van der Waals surface area contributed by atoms with E-state index in [0.29, 0.717) is 19.3 Å². The summed E-state index contributed by atoms with van der Waals surface area (Å²) < 4.78 is 16.6. The summed E-state index contributed by atoms with van der Waals surface area (Å²) in [5.74, 6) is -0.0318. The highest BCUT2D eigenvalue weighted by Gasteiger charge is 2.19. The van der Waals surface area contributed by atoms with Crippen molar-refractivity contribution in [1.82, 2.24) is 0 Å². The van der Waals surface area contributed by atoms with Gasteiger partial charge in [0.05, 0.1) is 0 Å². The monoisotopic (exact) mass is 709 g/mol. The van der Waals surface area contributed by atoms with Crippen LogP contribution in [0.4, 0.5) is 0 Å². The van der Waals surface area contributed by atoms with Crippen LogP contribution in [0.15, 0.2) is 0 Å². The van der Waals surface area contributed by atoms with Crippen LogP contribution in [0, 0.1) is 5.92 Å². The molecule has 0 aliphatic carbocycles. The van der Waals surface area contributed by atoms with E-state index in [0.717, 1.165) is 70.1 Å². The molecule has 0 spiro atoms. The average Bonchev–Trinajstić information content (AvgIpc) is 3.09. The predicted molar refractivity (Wildman–Crippen MR) is 210 cm³/mol. The van der Waals surface area contributed by atoms with Crippen LogP contribution in [0.3, 0.4) is 0 Å². The van der Waals surface area contributed by atoms with Gasteiger partial charge in [0.2, 0.25) is 0 Å². The van der Waals surface area contributed by atoms with Gasteiger partial charge >= 0.3 is 17.9 Å². The largest absolute Gasteiger partial charge is 0.462 e. The highest BCUT2D eigenvalue weighted by molar-refractivity contribution is 5.71. The Kier molecular flexibility index (Phi) is 37.4. The van der Waals surface area contributed by atoms with Gasteiger partial charge in [-0.1, -0.05) is 201 Å². The molecule has 50 heavy (non-hydrogen) atoms. The molecule has 0 saturated carbocycles. The van der Waals surface area contributed by atoms with Crippen molar-refractivity contribution in [2.24, 2.45) is 5.92 Å². The van der Waals surface area contributed by atoms with Crippen molar-refractivity contribution in [1.29, 1.82) is 0 Å². The van der Waals surface area contributed by atoms with Crippen molar-refractivity contribution in [3.05, 3.63) is 0 Å². The second-order valence-corrected chi connectivity index (χ2v) is 15.5. The molecule has 0 heterocycles. The fraction of sp³-hybridized carbons (Fsp3) is 0.932. The van der Waals surface area contributed by atoms with Crippen molar-refractivity contribution < 1.29 is 28.6 Å². The van der Waals surface area contributed by atoms with Crippen molar-refractivity contribution in [2.75, 3.05) is 13.2 Å². The van der Waals surface area contributed by atoms with Gasteiger partial charge in [0.25, 0.3) is 0 Å². The van der Waals surface area contributed by atoms with Gasteiger partial charge in [-0.3, -0.25) is 14.4 Å². The first-order chi connectivity index (χ1) is 24.4. The maximum Gasteiger partial charge on any atom is 0.306 e. The SMILES string of the molecule is CCCCCCCCCCCCCC(=O)OC[C@@H](COC(=O)CCCCCCCCCCCCCCCC(C)C)OC(=O)CCCCCCC. The standard InChI is InChI=1S/C44H84O6/c1-5-7-9-11-12-13-17-21-24-28-31-35-42(45)48-38-41(50-44(47)37-33-26-10-8-6-2)39-49-43(46)36-32-29-25-22-19-16-14-15-18-20-23-27-30-34-40(3)4/h40-41H,5-39H2,1-4H3/t41-/m0/s1. The van der Waals surface area contributed by atoms with Gasteiger partial charge in [0, 0.05) is 19.3 Å². The fourth-order valence-electron chi connectivity index (χ4n) is 6.45. The Balaban J connectivity index is 4.13. The van der Waals surface area contributed by atoms with E-state index in [1.165, 1.54) is 128 Å². The number of ether oxygens (including phenoxy) is 3. The molecule has 6 heteroatoms. The number of carbonyl (C=O) groups excluding carboxylic acids is 3. The lowest BCUT2D eigenvalue weighted by molar-refractivity contribution is -0.167. The van der Waals surface area contributed by atoms with E-state index >= 15 is 0 Å². The van der Waals surface area contributed by atoms with E-state index in [-0.39, 0.29) is 31.1 Å². The molecule has 0 fully saturated rings. The Hall–Kier alpha value is -1.59. The van der Waals surface area contributed by atoms with Gasteiger partial charge in [0.15, 0.2) is 6.10 Å². The Labute approximate surface area is 310 Å². The molecule has 0 aromatic carbocycles. The first-order valence-corrected chi connectivity index (χ1v) is 21.9. The zero-order valence-corrected chi connectivity index (χ0v) is 33.9. The molecule has 0 amide bonds. The number of rotatable bonds is 39. The van der Waals surface area contributed by atoms with Crippen LogP contribution in [0.5, 0.6) is 0 Å². The van der Waals surface area contributed by atoms with Crippen molar-refractivity contribution in [3.63, 3.8) is 0 Å². The van der Waals surface area contributed by atoms with Gasteiger partial charge in [-0.05, 0) is 25.2 Å². The summed E-state index contributed by atoms with van der Waals surface area (Å²) in [5.41, 5.74) is 0. The molecule has 0 N–H and O–H groups in total. The lowest BCUT2D eigenvalue weighted by atomic mass is 10.0. The van der Waals surface area contributed by atoms with Gasteiger partial charge in [-0.15, -0.1) is 0 Å². The van der Waals surface area contributed by atoms with Gasteiger partial charge in [0.1, 0.15) is 13.2 Å². The summed E-state index contributed by atoms with van der Waals surface area (Å²) in [4.78, 5) is 37.4. The van der Waals surface area contributed by atoms with E-state index in [9.17, 15) is 14.4 Å². The molecule has 6 nitrogen and oxygen atoms in total. The smallest absolute Gasteiger partial charge is 0.306 e. The topological polar surface area (TPSA) is 78.9 Å². The number of carbonyl (C=O) groups is 3. The van der Waals surface area contributed by atoms with Gasteiger partial charge in [-0.25, -0.2) is 0 Å². The highest BCUT2D eigenvalue weighted by Crippen LogP contribution is 2.16. The molecule has 0 rings (SSSR count). The predicted octanol–water partition coefficient (Wildman–Crippen LogP) is 13.6. The zero-order valence-electron chi connectivity index (χ0n) is 33.9. The Morgan fingerprint density at radius 2 is 0.660 bits per heavy atom. The molecule has 296 valence electrons. The van der Waals surface area contributed by atoms with Gasteiger partial charge < -0.3 is 14.2 Å². The third kappa shape index (κ3) is 37.7. The van der Waals surface area contributed by atoms with E-state index in [2.05, 4.69) is 27.7 Å². The lowest BCUT2D eigenvalue weighted by Crippen LogP contribution is -2.30.